The largest absolute Gasteiger partial charge is 0.271 e. The van der Waals surface area contributed by atoms with Crippen molar-refractivity contribution in [1.82, 2.24) is 10.4 Å². The summed E-state index contributed by atoms with van der Waals surface area (Å²) in [6, 6.07) is 4.45. The fourth-order valence-electron chi connectivity index (χ4n) is 1.72. The summed E-state index contributed by atoms with van der Waals surface area (Å²) in [7, 11) is 0. The maximum atomic E-state index is 13.4. The van der Waals surface area contributed by atoms with Crippen LogP contribution in [0.4, 0.5) is 4.39 Å². The summed E-state index contributed by atoms with van der Waals surface area (Å²) in [4.78, 5) is 4.36. The van der Waals surface area contributed by atoms with Crippen LogP contribution in [0.15, 0.2) is 23.6 Å². The third-order valence-electron chi connectivity index (χ3n) is 2.60. The highest BCUT2D eigenvalue weighted by Crippen LogP contribution is 2.28. The number of hydrogen-bond donors (Lipinski definition) is 2. The molecule has 0 aliphatic rings. The van der Waals surface area contributed by atoms with E-state index in [4.69, 9.17) is 17.4 Å². The van der Waals surface area contributed by atoms with Gasteiger partial charge in [-0.1, -0.05) is 23.7 Å². The van der Waals surface area contributed by atoms with Gasteiger partial charge in [-0.25, -0.2) is 9.37 Å². The third kappa shape index (κ3) is 2.87. The Bertz CT molecular complexity index is 544. The van der Waals surface area contributed by atoms with Crippen LogP contribution < -0.4 is 11.3 Å². The molecule has 1 aromatic carbocycles. The first kappa shape index (κ1) is 13.4. The molecule has 3 N–H and O–H groups in total. The fourth-order valence-corrected chi connectivity index (χ4v) is 2.80. The van der Waals surface area contributed by atoms with E-state index in [0.717, 1.165) is 10.7 Å². The number of hydrazine groups is 1. The lowest BCUT2D eigenvalue weighted by molar-refractivity contribution is 0.543. The molecule has 0 spiro atoms. The molecule has 1 heterocycles. The van der Waals surface area contributed by atoms with Gasteiger partial charge in [-0.05, 0) is 18.6 Å². The minimum Gasteiger partial charge on any atom is -0.271 e. The molecule has 1 aromatic heterocycles. The molecule has 18 heavy (non-hydrogen) atoms. The van der Waals surface area contributed by atoms with E-state index < -0.39 is 5.82 Å². The number of benzene rings is 1. The Morgan fingerprint density at radius 3 is 2.94 bits per heavy atom. The minimum absolute atomic E-state index is 0.105. The van der Waals surface area contributed by atoms with Gasteiger partial charge < -0.3 is 0 Å². The Hall–Kier alpha value is -1.01. The molecule has 0 bridgehead atoms. The average Bonchev–Trinajstić information content (AvgIpc) is 2.76. The van der Waals surface area contributed by atoms with Gasteiger partial charge in [0, 0.05) is 17.5 Å². The lowest BCUT2D eigenvalue weighted by Gasteiger charge is -2.16. The molecule has 6 heteroatoms. The van der Waals surface area contributed by atoms with E-state index in [1.54, 1.807) is 23.5 Å². The number of nitrogens with zero attached hydrogens (tertiary/aromatic N) is 1. The quantitative estimate of drug-likeness (QED) is 0.671. The predicted octanol–water partition coefficient (Wildman–Crippen LogP) is 2.99. The fraction of sp³-hybridized carbons (Fsp3) is 0.250. The van der Waals surface area contributed by atoms with E-state index in [9.17, 15) is 4.39 Å². The Labute approximate surface area is 114 Å². The van der Waals surface area contributed by atoms with Gasteiger partial charge in [0.2, 0.25) is 0 Å². The molecule has 2 aromatic rings. The van der Waals surface area contributed by atoms with Gasteiger partial charge in [0.1, 0.15) is 5.82 Å². The van der Waals surface area contributed by atoms with Crippen LogP contribution in [0.25, 0.3) is 0 Å². The smallest absolute Gasteiger partial charge is 0.142 e. The van der Waals surface area contributed by atoms with Gasteiger partial charge in [-0.3, -0.25) is 11.3 Å². The lowest BCUT2D eigenvalue weighted by Crippen LogP contribution is -2.30. The first-order valence-corrected chi connectivity index (χ1v) is 6.68. The second kappa shape index (κ2) is 5.75. The second-order valence-electron chi connectivity index (χ2n) is 3.95. The number of rotatable bonds is 4. The van der Waals surface area contributed by atoms with Crippen molar-refractivity contribution >= 4 is 22.9 Å². The lowest BCUT2D eigenvalue weighted by atomic mass is 10.0. The molecular formula is C12H13ClFN3S. The van der Waals surface area contributed by atoms with Crippen molar-refractivity contribution in [2.75, 3.05) is 0 Å². The summed E-state index contributed by atoms with van der Waals surface area (Å²) < 4.78 is 13.4. The molecule has 2 rings (SSSR count). The summed E-state index contributed by atoms with van der Waals surface area (Å²) in [6.07, 6.45) is 0.582. The maximum absolute atomic E-state index is 13.4. The van der Waals surface area contributed by atoms with Gasteiger partial charge in [0.25, 0.3) is 0 Å². The molecule has 0 amide bonds. The van der Waals surface area contributed by atoms with Crippen LogP contribution in [0.5, 0.6) is 0 Å². The second-order valence-corrected chi connectivity index (χ2v) is 5.27. The molecule has 96 valence electrons. The molecule has 1 atom stereocenters. The van der Waals surface area contributed by atoms with Gasteiger partial charge in [-0.2, -0.15) is 0 Å². The third-order valence-corrected chi connectivity index (χ3v) is 3.99. The topological polar surface area (TPSA) is 50.9 Å². The van der Waals surface area contributed by atoms with Gasteiger partial charge in [0.15, 0.2) is 0 Å². The number of hydrogen-bond acceptors (Lipinski definition) is 4. The van der Waals surface area contributed by atoms with Crippen molar-refractivity contribution in [2.24, 2.45) is 5.84 Å². The summed E-state index contributed by atoms with van der Waals surface area (Å²) in [5.74, 6) is 5.08. The number of aromatic nitrogens is 1. The molecule has 0 aliphatic heterocycles. The van der Waals surface area contributed by atoms with Crippen LogP contribution >= 0.6 is 22.9 Å². The first-order valence-electron chi connectivity index (χ1n) is 5.43. The summed E-state index contributed by atoms with van der Waals surface area (Å²) in [6.45, 7) is 1.93. The van der Waals surface area contributed by atoms with Gasteiger partial charge in [-0.15, -0.1) is 11.3 Å². The number of thiazole rings is 1. The Morgan fingerprint density at radius 1 is 1.56 bits per heavy atom. The molecule has 0 radical (unpaired) electrons. The molecule has 0 fully saturated rings. The molecule has 3 nitrogen and oxygen atoms in total. The number of nitrogens with two attached hydrogens (primary N) is 1. The molecule has 1 unspecified atom stereocenters. The zero-order chi connectivity index (χ0) is 13.1. The zero-order valence-corrected chi connectivity index (χ0v) is 11.4. The van der Waals surface area contributed by atoms with Crippen LogP contribution in [0.2, 0.25) is 5.02 Å². The van der Waals surface area contributed by atoms with Gasteiger partial charge in [0.05, 0.1) is 16.1 Å². The van der Waals surface area contributed by atoms with Crippen molar-refractivity contribution in [1.29, 1.82) is 0 Å². The predicted molar refractivity (Wildman–Crippen MR) is 72.0 cm³/mol. The van der Waals surface area contributed by atoms with E-state index in [0.29, 0.717) is 12.0 Å². The van der Waals surface area contributed by atoms with Crippen molar-refractivity contribution in [3.8, 4) is 0 Å². The Balaban J connectivity index is 2.25. The molecule has 0 saturated heterocycles. The summed E-state index contributed by atoms with van der Waals surface area (Å²) in [5, 5.41) is 3.01. The van der Waals surface area contributed by atoms with Crippen LogP contribution in [-0.4, -0.2) is 4.98 Å². The van der Waals surface area contributed by atoms with E-state index in [-0.39, 0.29) is 11.1 Å². The Kier molecular flexibility index (Phi) is 4.29. The summed E-state index contributed by atoms with van der Waals surface area (Å²) in [5.41, 5.74) is 4.27. The van der Waals surface area contributed by atoms with E-state index >= 15 is 0 Å². The normalized spacial score (nSPS) is 12.7. The highest BCUT2D eigenvalue weighted by molar-refractivity contribution is 7.09. The van der Waals surface area contributed by atoms with Crippen LogP contribution in [-0.2, 0) is 6.42 Å². The number of aryl methyl sites for hydroxylation is 1. The van der Waals surface area contributed by atoms with Crippen molar-refractivity contribution < 1.29 is 4.39 Å². The first-order chi connectivity index (χ1) is 8.61. The SMILES string of the molecule is Cc1csc(CC(NN)c2cccc(F)c2Cl)n1. The van der Waals surface area contributed by atoms with E-state index in [2.05, 4.69) is 10.4 Å². The number of halogens is 2. The van der Waals surface area contributed by atoms with E-state index in [1.165, 1.54) is 6.07 Å². The molecule has 0 saturated carbocycles. The van der Waals surface area contributed by atoms with Gasteiger partial charge >= 0.3 is 0 Å². The van der Waals surface area contributed by atoms with Crippen LogP contribution in [0.1, 0.15) is 22.3 Å². The standard InChI is InChI=1S/C12H13ClFN3S/c1-7-6-18-11(16-7)5-10(17-15)8-3-2-4-9(14)12(8)13/h2-4,6,10,17H,5,15H2,1H3. The Morgan fingerprint density at radius 2 is 2.33 bits per heavy atom. The van der Waals surface area contributed by atoms with Crippen molar-refractivity contribution in [2.45, 2.75) is 19.4 Å². The summed E-state index contributed by atoms with van der Waals surface area (Å²) >= 11 is 7.51. The molecule has 0 aliphatic carbocycles. The van der Waals surface area contributed by atoms with Crippen molar-refractivity contribution in [3.63, 3.8) is 0 Å². The average molecular weight is 286 g/mol. The highest BCUT2D eigenvalue weighted by Gasteiger charge is 2.17. The van der Waals surface area contributed by atoms with Crippen molar-refractivity contribution in [3.05, 3.63) is 50.7 Å². The maximum Gasteiger partial charge on any atom is 0.142 e. The minimum atomic E-state index is -0.440. The van der Waals surface area contributed by atoms with E-state index in [1.807, 2.05) is 12.3 Å². The monoisotopic (exact) mass is 285 g/mol. The van der Waals surface area contributed by atoms with Crippen LogP contribution in [0.3, 0.4) is 0 Å². The molecular weight excluding hydrogens is 273 g/mol. The zero-order valence-electron chi connectivity index (χ0n) is 9.78. The number of nitrogens with one attached hydrogen (secondary N) is 1. The van der Waals surface area contributed by atoms with Crippen LogP contribution in [0, 0.1) is 12.7 Å². The highest BCUT2D eigenvalue weighted by atomic mass is 35.5.